The van der Waals surface area contributed by atoms with Crippen LogP contribution in [0.3, 0.4) is 0 Å². The molecule has 0 N–H and O–H groups in total. The Kier molecular flexibility index (Phi) is 5.05. The minimum atomic E-state index is -0.439. The first-order valence-corrected chi connectivity index (χ1v) is 15.2. The fourth-order valence-electron chi connectivity index (χ4n) is 7.70. The van der Waals surface area contributed by atoms with Gasteiger partial charge in [0.1, 0.15) is 0 Å². The van der Waals surface area contributed by atoms with Crippen LogP contribution < -0.4 is 0 Å². The van der Waals surface area contributed by atoms with E-state index in [1.165, 1.54) is 87.6 Å². The van der Waals surface area contributed by atoms with Crippen LogP contribution in [0.2, 0.25) is 0 Å². The number of rotatable bonds is 2. The molecule has 0 atom stereocenters. The minimum absolute atomic E-state index is 0.439. The molecule has 0 aliphatic heterocycles. The summed E-state index contributed by atoms with van der Waals surface area (Å²) in [5.74, 6) is 0. The van der Waals surface area contributed by atoms with E-state index in [0.29, 0.717) is 0 Å². The summed E-state index contributed by atoms with van der Waals surface area (Å²) < 4.78 is 0. The number of aryl methyl sites for hydroxylation is 2. The molecule has 0 radical (unpaired) electrons. The summed E-state index contributed by atoms with van der Waals surface area (Å²) in [6.45, 7) is 4.41. The van der Waals surface area contributed by atoms with Crippen molar-refractivity contribution in [2.75, 3.05) is 0 Å². The predicted octanol–water partition coefficient (Wildman–Crippen LogP) is 11.3. The minimum Gasteiger partial charge on any atom is -0.0616 e. The fourth-order valence-corrected chi connectivity index (χ4v) is 7.70. The molecule has 0 spiro atoms. The summed E-state index contributed by atoms with van der Waals surface area (Å²) in [6, 6.07) is 55.1. The third-order valence-corrected chi connectivity index (χ3v) is 9.72. The molecule has 0 aromatic heterocycles. The van der Waals surface area contributed by atoms with E-state index in [-0.39, 0.29) is 0 Å². The number of benzene rings is 8. The highest BCUT2D eigenvalue weighted by Crippen LogP contribution is 2.57. The molecule has 0 bridgehead atoms. The molecule has 0 nitrogen and oxygen atoms in total. The van der Waals surface area contributed by atoms with Crippen LogP contribution in [0.4, 0.5) is 0 Å². The molecule has 0 fully saturated rings. The van der Waals surface area contributed by atoms with Crippen molar-refractivity contribution in [3.63, 3.8) is 0 Å². The SMILES string of the molecule is Cc1ccc2c(c1)-c1cc(C)ccc1C2(c1ccc2cc3ccccc3cc2c1)c1ccc2cc3ccccc3cc2c1. The fraction of sp³-hybridized carbons (Fsp3) is 0.0698. The van der Waals surface area contributed by atoms with Gasteiger partial charge in [-0.1, -0.05) is 120 Å². The summed E-state index contributed by atoms with van der Waals surface area (Å²) in [5, 5.41) is 10.2. The van der Waals surface area contributed by atoms with E-state index in [9.17, 15) is 0 Å². The van der Waals surface area contributed by atoms with Crippen LogP contribution in [0, 0.1) is 13.8 Å². The Morgan fingerprint density at radius 3 is 1.12 bits per heavy atom. The molecule has 9 rings (SSSR count). The monoisotopic (exact) mass is 546 g/mol. The lowest BCUT2D eigenvalue weighted by atomic mass is 9.67. The van der Waals surface area contributed by atoms with Crippen molar-refractivity contribution < 1.29 is 0 Å². The predicted molar refractivity (Wildman–Crippen MR) is 183 cm³/mol. The molecule has 0 unspecified atom stereocenters. The number of fused-ring (bicyclic) bond motifs is 7. The topological polar surface area (TPSA) is 0 Å². The summed E-state index contributed by atoms with van der Waals surface area (Å²) in [6.07, 6.45) is 0. The molecule has 8 aromatic rings. The lowest BCUT2D eigenvalue weighted by molar-refractivity contribution is 0.771. The van der Waals surface area contributed by atoms with Gasteiger partial charge in [-0.2, -0.15) is 0 Å². The van der Waals surface area contributed by atoms with Crippen LogP contribution in [0.25, 0.3) is 54.2 Å². The van der Waals surface area contributed by atoms with E-state index < -0.39 is 5.41 Å². The second-order valence-corrected chi connectivity index (χ2v) is 12.4. The van der Waals surface area contributed by atoms with E-state index >= 15 is 0 Å². The van der Waals surface area contributed by atoms with Crippen molar-refractivity contribution in [2.45, 2.75) is 19.3 Å². The zero-order chi connectivity index (χ0) is 28.7. The summed E-state index contributed by atoms with van der Waals surface area (Å²) >= 11 is 0. The zero-order valence-electron chi connectivity index (χ0n) is 24.4. The summed E-state index contributed by atoms with van der Waals surface area (Å²) in [4.78, 5) is 0. The van der Waals surface area contributed by atoms with E-state index in [1.54, 1.807) is 0 Å². The van der Waals surface area contributed by atoms with Gasteiger partial charge in [0.2, 0.25) is 0 Å². The van der Waals surface area contributed by atoms with Gasteiger partial charge in [-0.3, -0.25) is 0 Å². The van der Waals surface area contributed by atoms with E-state index in [2.05, 4.69) is 159 Å². The van der Waals surface area contributed by atoms with Crippen LogP contribution in [-0.4, -0.2) is 0 Å². The lowest BCUT2D eigenvalue weighted by Crippen LogP contribution is -2.28. The van der Waals surface area contributed by atoms with Crippen molar-refractivity contribution in [2.24, 2.45) is 0 Å². The largest absolute Gasteiger partial charge is 0.0714 e. The Morgan fingerprint density at radius 1 is 0.326 bits per heavy atom. The Balaban J connectivity index is 1.41. The lowest BCUT2D eigenvalue weighted by Gasteiger charge is -2.34. The molecule has 1 aliphatic rings. The third kappa shape index (κ3) is 3.50. The van der Waals surface area contributed by atoms with Crippen LogP contribution in [0.5, 0.6) is 0 Å². The normalized spacial score (nSPS) is 13.5. The summed E-state index contributed by atoms with van der Waals surface area (Å²) in [5.41, 5.74) is 10.2. The van der Waals surface area contributed by atoms with Gasteiger partial charge in [-0.25, -0.2) is 0 Å². The molecule has 202 valence electrons. The van der Waals surface area contributed by atoms with Crippen LogP contribution in [0.1, 0.15) is 33.4 Å². The molecule has 0 heteroatoms. The zero-order valence-corrected chi connectivity index (χ0v) is 24.4. The molecule has 43 heavy (non-hydrogen) atoms. The summed E-state index contributed by atoms with van der Waals surface area (Å²) in [7, 11) is 0. The van der Waals surface area contributed by atoms with Gasteiger partial charge in [0.05, 0.1) is 5.41 Å². The highest BCUT2D eigenvalue weighted by atomic mass is 14.5. The van der Waals surface area contributed by atoms with Crippen molar-refractivity contribution in [3.8, 4) is 11.1 Å². The van der Waals surface area contributed by atoms with Crippen molar-refractivity contribution in [3.05, 3.63) is 179 Å². The Labute approximate surface area is 251 Å². The standard InChI is InChI=1S/C43H30/c1-27-11-17-41-39(19-27)40-20-28(2)12-18-42(40)43(41,37-15-13-33-21-29-7-3-5-9-31(29)23-35(33)25-37)38-16-14-34-22-30-8-4-6-10-32(30)24-36(34)26-38/h3-26H,1-2H3. The molecular weight excluding hydrogens is 516 g/mol. The third-order valence-electron chi connectivity index (χ3n) is 9.72. The van der Waals surface area contributed by atoms with Gasteiger partial charge in [0.25, 0.3) is 0 Å². The molecule has 8 aromatic carbocycles. The molecule has 0 saturated heterocycles. The quantitative estimate of drug-likeness (QED) is 0.189. The maximum absolute atomic E-state index is 2.45. The average molecular weight is 547 g/mol. The van der Waals surface area contributed by atoms with E-state index in [1.807, 2.05) is 0 Å². The smallest absolute Gasteiger partial charge is 0.0616 e. The molecule has 0 heterocycles. The molecule has 1 aliphatic carbocycles. The maximum atomic E-state index is 2.45. The second kappa shape index (κ2) is 8.90. The van der Waals surface area contributed by atoms with Crippen molar-refractivity contribution in [1.82, 2.24) is 0 Å². The Morgan fingerprint density at radius 2 is 0.698 bits per heavy atom. The van der Waals surface area contributed by atoms with E-state index in [4.69, 9.17) is 0 Å². The maximum Gasteiger partial charge on any atom is 0.0714 e. The van der Waals surface area contributed by atoms with Gasteiger partial charge in [-0.05, 0) is 127 Å². The van der Waals surface area contributed by atoms with Crippen LogP contribution in [0.15, 0.2) is 146 Å². The molecular formula is C43H30. The van der Waals surface area contributed by atoms with E-state index in [0.717, 1.165) is 0 Å². The first-order chi connectivity index (χ1) is 21.1. The number of hydrogen-bond acceptors (Lipinski definition) is 0. The van der Waals surface area contributed by atoms with Crippen LogP contribution in [-0.2, 0) is 5.41 Å². The van der Waals surface area contributed by atoms with Gasteiger partial charge >= 0.3 is 0 Å². The van der Waals surface area contributed by atoms with Gasteiger partial charge < -0.3 is 0 Å². The van der Waals surface area contributed by atoms with Crippen molar-refractivity contribution >= 4 is 43.1 Å². The van der Waals surface area contributed by atoms with Gasteiger partial charge in [-0.15, -0.1) is 0 Å². The Bertz CT molecular complexity index is 2250. The first-order valence-electron chi connectivity index (χ1n) is 15.2. The average Bonchev–Trinajstić information content (AvgIpc) is 3.31. The highest BCUT2D eigenvalue weighted by Gasteiger charge is 2.46. The molecule has 0 amide bonds. The Hall–Kier alpha value is -5.20. The van der Waals surface area contributed by atoms with Crippen LogP contribution >= 0.6 is 0 Å². The molecule has 0 saturated carbocycles. The highest BCUT2D eigenvalue weighted by molar-refractivity contribution is 6.01. The van der Waals surface area contributed by atoms with Gasteiger partial charge in [0, 0.05) is 0 Å². The second-order valence-electron chi connectivity index (χ2n) is 12.4. The number of hydrogen-bond donors (Lipinski definition) is 0. The van der Waals surface area contributed by atoms with Gasteiger partial charge in [0.15, 0.2) is 0 Å². The van der Waals surface area contributed by atoms with Crippen molar-refractivity contribution in [1.29, 1.82) is 0 Å². The first kappa shape index (κ1) is 24.4.